The quantitative estimate of drug-likeness (QED) is 0.730. The Morgan fingerprint density at radius 1 is 1.04 bits per heavy atom. The van der Waals surface area contributed by atoms with Gasteiger partial charge >= 0.3 is 0 Å². The zero-order chi connectivity index (χ0) is 16.5. The van der Waals surface area contributed by atoms with Crippen LogP contribution in [0.25, 0.3) is 0 Å². The third kappa shape index (κ3) is 6.62. The van der Waals surface area contributed by atoms with Crippen molar-refractivity contribution in [2.45, 2.75) is 58.1 Å². The van der Waals surface area contributed by atoms with Crippen molar-refractivity contribution in [3.8, 4) is 0 Å². The lowest BCUT2D eigenvalue weighted by atomic mass is 9.95. The number of piperidine rings is 1. The Morgan fingerprint density at radius 3 is 2.39 bits per heavy atom. The zero-order valence-electron chi connectivity index (χ0n) is 14.9. The van der Waals surface area contributed by atoms with E-state index in [2.05, 4.69) is 24.1 Å². The summed E-state index contributed by atoms with van der Waals surface area (Å²) in [6.07, 6.45) is 5.80. The van der Waals surface area contributed by atoms with Crippen molar-refractivity contribution < 1.29 is 5.11 Å². The molecule has 1 aliphatic heterocycles. The van der Waals surface area contributed by atoms with Crippen molar-refractivity contribution in [3.63, 3.8) is 0 Å². The summed E-state index contributed by atoms with van der Waals surface area (Å²) >= 11 is 0. The summed E-state index contributed by atoms with van der Waals surface area (Å²) in [6.45, 7) is 9.03. The molecule has 1 aromatic carbocycles. The molecule has 130 valence electrons. The van der Waals surface area contributed by atoms with Crippen LogP contribution in [0.2, 0.25) is 0 Å². The molecule has 0 bridgehead atoms. The van der Waals surface area contributed by atoms with Crippen molar-refractivity contribution in [1.29, 1.82) is 0 Å². The van der Waals surface area contributed by atoms with Gasteiger partial charge in [-0.15, -0.1) is 0 Å². The van der Waals surface area contributed by atoms with Crippen molar-refractivity contribution in [2.75, 3.05) is 26.2 Å². The number of likely N-dealkylation sites (tertiary alicyclic amines) is 1. The van der Waals surface area contributed by atoms with Crippen LogP contribution in [-0.2, 0) is 0 Å². The van der Waals surface area contributed by atoms with Crippen LogP contribution in [0, 0.1) is 5.92 Å². The second-order valence-electron chi connectivity index (χ2n) is 7.29. The minimum absolute atomic E-state index is 0.143. The maximum absolute atomic E-state index is 10.8. The van der Waals surface area contributed by atoms with E-state index in [-0.39, 0.29) is 6.04 Å². The Morgan fingerprint density at radius 2 is 1.74 bits per heavy atom. The Kier molecular flexibility index (Phi) is 8.07. The van der Waals surface area contributed by atoms with E-state index in [0.29, 0.717) is 5.92 Å². The zero-order valence-corrected chi connectivity index (χ0v) is 14.9. The number of aliphatic hydroxyl groups is 1. The van der Waals surface area contributed by atoms with Gasteiger partial charge in [0.2, 0.25) is 0 Å². The number of aliphatic hydroxyl groups excluding tert-OH is 1. The van der Waals surface area contributed by atoms with Gasteiger partial charge in [-0.25, -0.2) is 0 Å². The van der Waals surface area contributed by atoms with Gasteiger partial charge in [-0.1, -0.05) is 50.6 Å². The van der Waals surface area contributed by atoms with Crippen molar-refractivity contribution in [2.24, 2.45) is 5.92 Å². The molecule has 1 heterocycles. The number of nitrogens with zero attached hydrogens (tertiary/aromatic N) is 1. The first-order valence-corrected chi connectivity index (χ1v) is 9.35. The molecule has 2 unspecified atom stereocenters. The number of rotatable bonds is 9. The van der Waals surface area contributed by atoms with Crippen LogP contribution < -0.4 is 5.32 Å². The smallest absolute Gasteiger partial charge is 0.0942 e. The van der Waals surface area contributed by atoms with Crippen molar-refractivity contribution in [3.05, 3.63) is 35.9 Å². The van der Waals surface area contributed by atoms with E-state index in [0.717, 1.165) is 31.5 Å². The Labute approximate surface area is 142 Å². The molecule has 0 aliphatic carbocycles. The molecule has 1 aliphatic rings. The highest BCUT2D eigenvalue weighted by Gasteiger charge is 2.21. The fourth-order valence-electron chi connectivity index (χ4n) is 3.36. The van der Waals surface area contributed by atoms with Crippen molar-refractivity contribution >= 4 is 0 Å². The SMILES string of the molecule is CC(C)CCC(NCCN1CCCCC1)C(O)c1ccccc1. The standard InChI is InChI=1S/C20H34N2O/c1-17(2)11-12-19(20(23)18-9-5-3-6-10-18)21-13-16-22-14-7-4-8-15-22/h3,5-6,9-10,17,19-21,23H,4,7-8,11-16H2,1-2H3. The number of hydrogen-bond acceptors (Lipinski definition) is 3. The van der Waals surface area contributed by atoms with E-state index in [1.807, 2.05) is 30.3 Å². The first-order valence-electron chi connectivity index (χ1n) is 9.35. The molecule has 0 saturated carbocycles. The van der Waals surface area contributed by atoms with E-state index < -0.39 is 6.10 Å². The fourth-order valence-corrected chi connectivity index (χ4v) is 3.36. The molecular weight excluding hydrogens is 284 g/mol. The van der Waals surface area contributed by atoms with Crippen LogP contribution >= 0.6 is 0 Å². The van der Waals surface area contributed by atoms with Gasteiger partial charge in [-0.3, -0.25) is 0 Å². The molecule has 2 N–H and O–H groups in total. The van der Waals surface area contributed by atoms with Gasteiger partial charge in [0.25, 0.3) is 0 Å². The van der Waals surface area contributed by atoms with Crippen LogP contribution in [0.1, 0.15) is 57.6 Å². The minimum atomic E-state index is -0.420. The van der Waals surface area contributed by atoms with E-state index in [1.165, 1.54) is 32.4 Å². The average molecular weight is 319 g/mol. The average Bonchev–Trinajstić information content (AvgIpc) is 2.59. The van der Waals surface area contributed by atoms with Gasteiger partial charge in [0, 0.05) is 19.1 Å². The van der Waals surface area contributed by atoms with Crippen molar-refractivity contribution in [1.82, 2.24) is 10.2 Å². The summed E-state index contributed by atoms with van der Waals surface area (Å²) in [5.74, 6) is 0.671. The van der Waals surface area contributed by atoms with Gasteiger partial charge in [0.05, 0.1) is 6.10 Å². The highest BCUT2D eigenvalue weighted by Crippen LogP contribution is 2.21. The largest absolute Gasteiger partial charge is 0.387 e. The minimum Gasteiger partial charge on any atom is -0.387 e. The molecule has 3 nitrogen and oxygen atoms in total. The highest BCUT2D eigenvalue weighted by atomic mass is 16.3. The van der Waals surface area contributed by atoms with E-state index in [4.69, 9.17) is 0 Å². The maximum Gasteiger partial charge on any atom is 0.0942 e. The van der Waals surface area contributed by atoms with E-state index in [9.17, 15) is 5.11 Å². The molecule has 1 saturated heterocycles. The second-order valence-corrected chi connectivity index (χ2v) is 7.29. The van der Waals surface area contributed by atoms with Crippen LogP contribution in [-0.4, -0.2) is 42.2 Å². The molecular formula is C20H34N2O. The van der Waals surface area contributed by atoms with Gasteiger partial charge in [0.15, 0.2) is 0 Å². The summed E-state index contributed by atoms with van der Waals surface area (Å²) < 4.78 is 0. The summed E-state index contributed by atoms with van der Waals surface area (Å²) in [5, 5.41) is 14.4. The predicted molar refractivity (Wildman–Crippen MR) is 97.6 cm³/mol. The number of nitrogens with one attached hydrogen (secondary N) is 1. The molecule has 2 rings (SSSR count). The maximum atomic E-state index is 10.8. The molecule has 0 radical (unpaired) electrons. The van der Waals surface area contributed by atoms with Crippen LogP contribution in [0.5, 0.6) is 0 Å². The molecule has 1 aromatic rings. The summed E-state index contributed by atoms with van der Waals surface area (Å²) in [4.78, 5) is 2.55. The first-order chi connectivity index (χ1) is 11.2. The summed E-state index contributed by atoms with van der Waals surface area (Å²) in [6, 6.07) is 10.2. The molecule has 3 heteroatoms. The van der Waals surface area contributed by atoms with Gasteiger partial charge in [-0.2, -0.15) is 0 Å². The number of benzene rings is 1. The topological polar surface area (TPSA) is 35.5 Å². The molecule has 0 amide bonds. The third-order valence-electron chi connectivity index (χ3n) is 4.86. The Bertz CT molecular complexity index is 415. The van der Waals surface area contributed by atoms with E-state index in [1.54, 1.807) is 0 Å². The molecule has 23 heavy (non-hydrogen) atoms. The van der Waals surface area contributed by atoms with Crippen LogP contribution in [0.4, 0.5) is 0 Å². The van der Waals surface area contributed by atoms with Gasteiger partial charge in [-0.05, 0) is 50.3 Å². The lowest BCUT2D eigenvalue weighted by molar-refractivity contribution is 0.117. The lowest BCUT2D eigenvalue weighted by Crippen LogP contribution is -2.41. The van der Waals surface area contributed by atoms with Gasteiger partial charge < -0.3 is 15.3 Å². The van der Waals surface area contributed by atoms with Crippen LogP contribution in [0.15, 0.2) is 30.3 Å². The first kappa shape index (κ1) is 18.4. The second kappa shape index (κ2) is 10.1. The Hall–Kier alpha value is -0.900. The molecule has 2 atom stereocenters. The Balaban J connectivity index is 1.85. The highest BCUT2D eigenvalue weighted by molar-refractivity contribution is 5.18. The summed E-state index contributed by atoms with van der Waals surface area (Å²) in [5.41, 5.74) is 1.02. The molecule has 0 aromatic heterocycles. The predicted octanol–water partition coefficient (Wildman–Crippen LogP) is 3.60. The normalized spacial score (nSPS) is 19.0. The van der Waals surface area contributed by atoms with Crippen LogP contribution in [0.3, 0.4) is 0 Å². The lowest BCUT2D eigenvalue weighted by Gasteiger charge is -2.29. The molecule has 1 fully saturated rings. The fraction of sp³-hybridized carbons (Fsp3) is 0.700. The van der Waals surface area contributed by atoms with Gasteiger partial charge in [0.1, 0.15) is 0 Å². The summed E-state index contributed by atoms with van der Waals surface area (Å²) in [7, 11) is 0. The van der Waals surface area contributed by atoms with E-state index >= 15 is 0 Å². The molecule has 0 spiro atoms. The third-order valence-corrected chi connectivity index (χ3v) is 4.86. The monoisotopic (exact) mass is 318 g/mol. The number of hydrogen-bond donors (Lipinski definition) is 2.